The van der Waals surface area contributed by atoms with Crippen molar-refractivity contribution in [1.29, 1.82) is 0 Å². The molecule has 3 fully saturated rings. The summed E-state index contributed by atoms with van der Waals surface area (Å²) in [6, 6.07) is 0. The molecule has 4 N–H and O–H groups in total. The third-order valence-electron chi connectivity index (χ3n) is 11.7. The Morgan fingerprint density at radius 2 is 1.73 bits per heavy atom. The highest BCUT2D eigenvalue weighted by molar-refractivity contribution is 5.97. The lowest BCUT2D eigenvalue weighted by molar-refractivity contribution is -0.191. The fourth-order valence-electron chi connectivity index (χ4n) is 9.56. The number of Topliss-reactive ketones (excluding diaryl/α,β-unsaturated/α-hetero) is 1. The smallest absolute Gasteiger partial charge is 0.303 e. The van der Waals surface area contributed by atoms with Gasteiger partial charge in [-0.15, -0.1) is 0 Å². The zero-order valence-corrected chi connectivity index (χ0v) is 25.3. The lowest BCUT2D eigenvalue weighted by Gasteiger charge is -2.65. The molecule has 8 nitrogen and oxygen atoms in total. The average Bonchev–Trinajstić information content (AvgIpc) is 3.03. The molecule has 0 bridgehead atoms. The summed E-state index contributed by atoms with van der Waals surface area (Å²) in [5, 5.41) is 45.1. The van der Waals surface area contributed by atoms with Crippen LogP contribution in [0.15, 0.2) is 23.8 Å². The van der Waals surface area contributed by atoms with Gasteiger partial charge in [0.1, 0.15) is 17.0 Å². The van der Waals surface area contributed by atoms with Gasteiger partial charge in [-0.05, 0) is 81.3 Å². The molecule has 4 aliphatic carbocycles. The maximum absolute atomic E-state index is 14.4. The van der Waals surface area contributed by atoms with E-state index in [-0.39, 0.29) is 37.1 Å². The number of hydrogen-bond donors (Lipinski definition) is 4. The van der Waals surface area contributed by atoms with Crippen molar-refractivity contribution in [1.82, 2.24) is 0 Å². The molecular weight excluding hydrogens is 512 g/mol. The molecule has 8 heteroatoms. The molecule has 0 spiro atoms. The van der Waals surface area contributed by atoms with E-state index in [1.165, 1.54) is 26.0 Å². The number of allylic oxidation sites excluding steroid dienone is 1. The van der Waals surface area contributed by atoms with E-state index < -0.39 is 62.7 Å². The fraction of sp³-hybridized carbons (Fsp3) is 0.781. The number of carbonyl (C=O) groups excluding carboxylic acids is 3. The first-order valence-corrected chi connectivity index (χ1v) is 14.6. The van der Waals surface area contributed by atoms with E-state index in [9.17, 15) is 34.8 Å². The number of aliphatic hydroxyl groups excluding tert-OH is 3. The van der Waals surface area contributed by atoms with Crippen LogP contribution in [0.2, 0.25) is 0 Å². The number of ether oxygens (including phenoxy) is 1. The first-order valence-electron chi connectivity index (χ1n) is 14.6. The van der Waals surface area contributed by atoms with Crippen LogP contribution in [-0.2, 0) is 19.1 Å². The number of rotatable bonds is 6. The van der Waals surface area contributed by atoms with E-state index in [1.807, 2.05) is 27.7 Å². The van der Waals surface area contributed by atoms with Crippen molar-refractivity contribution in [3.63, 3.8) is 0 Å². The minimum absolute atomic E-state index is 0.0150. The molecule has 4 aliphatic rings. The first kappa shape index (κ1) is 31.1. The largest absolute Gasteiger partial charge is 0.456 e. The molecule has 3 saturated carbocycles. The third kappa shape index (κ3) is 4.19. The van der Waals surface area contributed by atoms with Crippen LogP contribution in [-0.4, -0.2) is 68.0 Å². The van der Waals surface area contributed by atoms with E-state index in [4.69, 9.17) is 4.74 Å². The van der Waals surface area contributed by atoms with E-state index in [0.717, 1.165) is 5.57 Å². The van der Waals surface area contributed by atoms with Gasteiger partial charge in [0.2, 0.25) is 0 Å². The lowest BCUT2D eigenvalue weighted by Crippen LogP contribution is -2.66. The van der Waals surface area contributed by atoms with Gasteiger partial charge in [-0.1, -0.05) is 39.3 Å². The maximum Gasteiger partial charge on any atom is 0.303 e. The lowest BCUT2D eigenvalue weighted by atomic mass is 9.38. The summed E-state index contributed by atoms with van der Waals surface area (Å²) in [5.41, 5.74) is -5.21. The Balaban J connectivity index is 1.76. The van der Waals surface area contributed by atoms with Gasteiger partial charge in [0.25, 0.3) is 0 Å². The molecule has 0 aromatic carbocycles. The first-order chi connectivity index (χ1) is 18.2. The SMILES string of the molecule is CC(=O)OC(C)(C)/C=C/C(=O)C(C)(O)C1[C@H](O)CC2(C)C3CC=C4[C@@H](CC[C@H](O)C4(C)C)C3(CO)C(=O)CC12C. The molecule has 40 heavy (non-hydrogen) atoms. The molecule has 9 atom stereocenters. The van der Waals surface area contributed by atoms with Crippen LogP contribution in [0.25, 0.3) is 0 Å². The molecule has 0 aromatic heterocycles. The summed E-state index contributed by atoms with van der Waals surface area (Å²) >= 11 is 0. The summed E-state index contributed by atoms with van der Waals surface area (Å²) in [5.74, 6) is -2.70. The number of aliphatic hydroxyl groups is 4. The van der Waals surface area contributed by atoms with Crippen molar-refractivity contribution in [2.24, 2.45) is 39.4 Å². The highest BCUT2D eigenvalue weighted by Gasteiger charge is 2.75. The second kappa shape index (κ2) is 9.58. The standard InChI is InChI=1S/C32H48O8/c1-18(34)40-27(2,3)14-13-24(37)31(8,39)26-21(35)15-29(6)22-11-9-19-20(10-12-23(36)28(19,4)5)32(22,17-33)25(38)16-30(26,29)7/h9,13-14,20-23,26,33,35-36,39H,10-12,15-17H2,1-8H3/b14-13+/t20-,21-,22?,23+,26?,29?,30?,31?,32?/m1/s1. The third-order valence-corrected chi connectivity index (χ3v) is 11.7. The second-order valence-electron chi connectivity index (χ2n) is 14.7. The molecule has 0 radical (unpaired) electrons. The monoisotopic (exact) mass is 560 g/mol. The van der Waals surface area contributed by atoms with Gasteiger partial charge in [-0.3, -0.25) is 14.4 Å². The normalized spacial score (nSPS) is 42.4. The number of ketones is 2. The average molecular weight is 561 g/mol. The van der Waals surface area contributed by atoms with Crippen LogP contribution in [0.1, 0.15) is 87.5 Å². The highest BCUT2D eigenvalue weighted by atomic mass is 16.6. The molecule has 0 saturated heterocycles. The molecule has 0 aromatic rings. The number of fused-ring (bicyclic) bond motifs is 5. The Morgan fingerprint density at radius 3 is 2.30 bits per heavy atom. The minimum Gasteiger partial charge on any atom is -0.456 e. The van der Waals surface area contributed by atoms with E-state index in [1.54, 1.807) is 13.8 Å². The van der Waals surface area contributed by atoms with Crippen LogP contribution in [0, 0.1) is 39.4 Å². The highest BCUT2D eigenvalue weighted by Crippen LogP contribution is 2.74. The Labute approximate surface area is 237 Å². The Bertz CT molecular complexity index is 1150. The van der Waals surface area contributed by atoms with Gasteiger partial charge in [0, 0.05) is 24.7 Å². The van der Waals surface area contributed by atoms with Crippen molar-refractivity contribution < 1.29 is 39.5 Å². The Morgan fingerprint density at radius 1 is 1.10 bits per heavy atom. The molecule has 0 heterocycles. The molecule has 4 rings (SSSR count). The summed E-state index contributed by atoms with van der Waals surface area (Å²) < 4.78 is 5.23. The second-order valence-corrected chi connectivity index (χ2v) is 14.7. The Hall–Kier alpha value is -1.87. The minimum atomic E-state index is -2.00. The summed E-state index contributed by atoms with van der Waals surface area (Å²) in [4.78, 5) is 39.3. The van der Waals surface area contributed by atoms with E-state index in [0.29, 0.717) is 19.3 Å². The van der Waals surface area contributed by atoms with Crippen molar-refractivity contribution in [2.45, 2.75) is 111 Å². The fourth-order valence-corrected chi connectivity index (χ4v) is 9.56. The maximum atomic E-state index is 14.4. The van der Waals surface area contributed by atoms with Gasteiger partial charge >= 0.3 is 5.97 Å². The van der Waals surface area contributed by atoms with Gasteiger partial charge in [0.15, 0.2) is 5.78 Å². The van der Waals surface area contributed by atoms with E-state index in [2.05, 4.69) is 6.08 Å². The van der Waals surface area contributed by atoms with Crippen molar-refractivity contribution in [2.75, 3.05) is 6.61 Å². The van der Waals surface area contributed by atoms with Crippen LogP contribution in [0.5, 0.6) is 0 Å². The van der Waals surface area contributed by atoms with Gasteiger partial charge < -0.3 is 25.2 Å². The van der Waals surface area contributed by atoms with Crippen LogP contribution in [0.3, 0.4) is 0 Å². The molecular formula is C32H48O8. The zero-order valence-electron chi connectivity index (χ0n) is 25.3. The summed E-state index contributed by atoms with van der Waals surface area (Å²) in [6.07, 6.45) is 5.10. The van der Waals surface area contributed by atoms with Gasteiger partial charge in [-0.2, -0.15) is 0 Å². The molecule has 0 amide bonds. The van der Waals surface area contributed by atoms with Gasteiger partial charge in [-0.25, -0.2) is 0 Å². The van der Waals surface area contributed by atoms with Crippen molar-refractivity contribution in [3.05, 3.63) is 23.8 Å². The summed E-state index contributed by atoms with van der Waals surface area (Å²) in [6.45, 7) is 13.5. The molecule has 6 unspecified atom stereocenters. The van der Waals surface area contributed by atoms with Crippen LogP contribution in [0.4, 0.5) is 0 Å². The number of esters is 1. The van der Waals surface area contributed by atoms with Gasteiger partial charge in [0.05, 0.1) is 24.2 Å². The predicted molar refractivity (Wildman–Crippen MR) is 149 cm³/mol. The summed E-state index contributed by atoms with van der Waals surface area (Å²) in [7, 11) is 0. The topological polar surface area (TPSA) is 141 Å². The Kier molecular flexibility index (Phi) is 7.44. The van der Waals surface area contributed by atoms with Crippen molar-refractivity contribution >= 4 is 17.5 Å². The number of hydrogen-bond acceptors (Lipinski definition) is 8. The quantitative estimate of drug-likeness (QED) is 0.220. The van der Waals surface area contributed by atoms with Crippen molar-refractivity contribution in [3.8, 4) is 0 Å². The van der Waals surface area contributed by atoms with Crippen LogP contribution >= 0.6 is 0 Å². The predicted octanol–water partition coefficient (Wildman–Crippen LogP) is 3.29. The van der Waals surface area contributed by atoms with E-state index >= 15 is 0 Å². The zero-order chi connectivity index (χ0) is 30.3. The molecule has 224 valence electrons. The molecule has 0 aliphatic heterocycles. The number of carbonyl (C=O) groups is 3. The van der Waals surface area contributed by atoms with Crippen LogP contribution < -0.4 is 0 Å².